The first kappa shape index (κ1) is 13.4. The van der Waals surface area contributed by atoms with Crippen LogP contribution in [-0.4, -0.2) is 6.21 Å². The second-order valence-electron chi connectivity index (χ2n) is 3.23. The molecule has 0 aromatic heterocycles. The lowest BCUT2D eigenvalue weighted by Gasteiger charge is -1.82. The molecule has 0 heterocycles. The molecule has 0 aliphatic heterocycles. The zero-order chi connectivity index (χ0) is 11.5. The van der Waals surface area contributed by atoms with E-state index in [2.05, 4.69) is 19.1 Å². The maximum atomic E-state index is 6.68. The molecular weight excluding hydrogens is 182 g/mol. The maximum Gasteiger partial charge on any atom is 0.0180 e. The molecule has 0 aliphatic carbocycles. The SMILES string of the molecule is C/C=C\C(C)=C/C=N.Cc1ccccc1. The molecule has 1 N–H and O–H groups in total. The summed E-state index contributed by atoms with van der Waals surface area (Å²) in [6.07, 6.45) is 6.95. The molecule has 0 fully saturated rings. The van der Waals surface area contributed by atoms with Crippen LogP contribution in [-0.2, 0) is 0 Å². The lowest BCUT2D eigenvalue weighted by molar-refractivity contribution is 1.48. The Hall–Kier alpha value is -1.63. The van der Waals surface area contributed by atoms with E-state index in [0.717, 1.165) is 5.57 Å². The number of hydrogen-bond donors (Lipinski definition) is 1. The van der Waals surface area contributed by atoms with Gasteiger partial charge in [-0.25, -0.2) is 0 Å². The van der Waals surface area contributed by atoms with Crippen molar-refractivity contribution >= 4 is 6.21 Å². The van der Waals surface area contributed by atoms with Crippen molar-refractivity contribution in [2.24, 2.45) is 0 Å². The van der Waals surface area contributed by atoms with Crippen LogP contribution >= 0.6 is 0 Å². The number of benzene rings is 1. The largest absolute Gasteiger partial charge is 0.309 e. The van der Waals surface area contributed by atoms with Crippen LogP contribution in [0.4, 0.5) is 0 Å². The molecule has 0 spiro atoms. The molecule has 15 heavy (non-hydrogen) atoms. The van der Waals surface area contributed by atoms with Crippen LogP contribution in [0.1, 0.15) is 19.4 Å². The molecule has 0 atom stereocenters. The van der Waals surface area contributed by atoms with Crippen LogP contribution in [0, 0.1) is 12.3 Å². The van der Waals surface area contributed by atoms with Gasteiger partial charge in [-0.05, 0) is 32.4 Å². The monoisotopic (exact) mass is 201 g/mol. The average molecular weight is 201 g/mol. The van der Waals surface area contributed by atoms with E-state index in [1.807, 2.05) is 44.2 Å². The first-order valence-corrected chi connectivity index (χ1v) is 5.02. The van der Waals surface area contributed by atoms with E-state index in [9.17, 15) is 0 Å². The number of hydrogen-bond acceptors (Lipinski definition) is 1. The van der Waals surface area contributed by atoms with Gasteiger partial charge in [-0.2, -0.15) is 0 Å². The third-order valence-corrected chi connectivity index (χ3v) is 1.72. The normalized spacial score (nSPS) is 10.7. The zero-order valence-electron chi connectivity index (χ0n) is 9.70. The molecule has 1 aromatic carbocycles. The van der Waals surface area contributed by atoms with Crippen molar-refractivity contribution in [3.63, 3.8) is 0 Å². The van der Waals surface area contributed by atoms with E-state index in [-0.39, 0.29) is 0 Å². The molecule has 1 heteroatoms. The summed E-state index contributed by atoms with van der Waals surface area (Å²) in [6, 6.07) is 10.3. The minimum Gasteiger partial charge on any atom is -0.309 e. The molecule has 80 valence electrons. The van der Waals surface area contributed by atoms with Crippen LogP contribution in [0.2, 0.25) is 0 Å². The standard InChI is InChI=1S/C7H11N.C7H8/c1-3-4-7(2)5-6-8;1-7-5-3-2-4-6-7/h3-6,8H,1-2H3;2-6H,1H3/b4-3-,7-5-,8-6?;. The minimum atomic E-state index is 1.11. The molecule has 0 radical (unpaired) electrons. The van der Waals surface area contributed by atoms with Gasteiger partial charge in [0.25, 0.3) is 0 Å². The van der Waals surface area contributed by atoms with Crippen LogP contribution < -0.4 is 0 Å². The predicted octanol–water partition coefficient (Wildman–Crippen LogP) is 4.15. The van der Waals surface area contributed by atoms with Crippen molar-refractivity contribution in [3.8, 4) is 0 Å². The van der Waals surface area contributed by atoms with Gasteiger partial charge in [0.15, 0.2) is 0 Å². The Morgan fingerprint density at radius 3 is 2.13 bits per heavy atom. The molecule has 0 bridgehead atoms. The summed E-state index contributed by atoms with van der Waals surface area (Å²) in [5, 5.41) is 6.68. The van der Waals surface area contributed by atoms with E-state index in [1.165, 1.54) is 11.8 Å². The molecule has 0 saturated carbocycles. The fraction of sp³-hybridized carbons (Fsp3) is 0.214. The van der Waals surface area contributed by atoms with E-state index >= 15 is 0 Å². The summed E-state index contributed by atoms with van der Waals surface area (Å²) < 4.78 is 0. The topological polar surface area (TPSA) is 23.9 Å². The Labute approximate surface area is 92.7 Å². The van der Waals surface area contributed by atoms with E-state index in [4.69, 9.17) is 5.41 Å². The second kappa shape index (κ2) is 8.95. The maximum absolute atomic E-state index is 6.68. The van der Waals surface area contributed by atoms with Gasteiger partial charge in [0, 0.05) is 6.21 Å². The van der Waals surface area contributed by atoms with Crippen LogP contribution in [0.3, 0.4) is 0 Å². The molecule has 0 aliphatic rings. The Kier molecular flexibility index (Phi) is 7.97. The van der Waals surface area contributed by atoms with E-state index < -0.39 is 0 Å². The molecule has 0 saturated heterocycles. The van der Waals surface area contributed by atoms with Gasteiger partial charge >= 0.3 is 0 Å². The van der Waals surface area contributed by atoms with Crippen molar-refractivity contribution in [1.29, 1.82) is 5.41 Å². The first-order valence-electron chi connectivity index (χ1n) is 5.02. The van der Waals surface area contributed by atoms with Crippen molar-refractivity contribution < 1.29 is 0 Å². The van der Waals surface area contributed by atoms with E-state index in [0.29, 0.717) is 0 Å². The van der Waals surface area contributed by atoms with Crippen LogP contribution in [0.15, 0.2) is 54.1 Å². The second-order valence-corrected chi connectivity index (χ2v) is 3.23. The molecule has 1 aromatic rings. The highest BCUT2D eigenvalue weighted by atomic mass is 14.3. The van der Waals surface area contributed by atoms with Crippen molar-refractivity contribution in [1.82, 2.24) is 0 Å². The summed E-state index contributed by atoms with van der Waals surface area (Å²) in [6.45, 7) is 6.01. The van der Waals surface area contributed by atoms with Crippen LogP contribution in [0.25, 0.3) is 0 Å². The highest BCUT2D eigenvalue weighted by molar-refractivity contribution is 5.69. The Morgan fingerprint density at radius 1 is 1.20 bits per heavy atom. The summed E-state index contributed by atoms with van der Waals surface area (Å²) >= 11 is 0. The molecular formula is C14H19N. The fourth-order valence-electron chi connectivity index (χ4n) is 0.984. The number of allylic oxidation sites excluding steroid dienone is 4. The Bertz CT molecular complexity index is 320. The first-order chi connectivity index (χ1) is 7.20. The number of rotatable bonds is 2. The highest BCUT2D eigenvalue weighted by Gasteiger charge is 1.72. The predicted molar refractivity (Wildman–Crippen MR) is 68.5 cm³/mol. The molecule has 0 unspecified atom stereocenters. The van der Waals surface area contributed by atoms with Gasteiger partial charge in [0.1, 0.15) is 0 Å². The summed E-state index contributed by atoms with van der Waals surface area (Å²) in [5.74, 6) is 0. The lowest BCUT2D eigenvalue weighted by atomic mass is 10.2. The van der Waals surface area contributed by atoms with Gasteiger partial charge in [-0.3, -0.25) is 0 Å². The third kappa shape index (κ3) is 8.69. The summed E-state index contributed by atoms with van der Waals surface area (Å²) in [4.78, 5) is 0. The number of aryl methyl sites for hydroxylation is 1. The highest BCUT2D eigenvalue weighted by Crippen LogP contribution is 1.92. The third-order valence-electron chi connectivity index (χ3n) is 1.72. The summed E-state index contributed by atoms with van der Waals surface area (Å²) in [5.41, 5.74) is 2.44. The van der Waals surface area contributed by atoms with Gasteiger partial charge in [0.2, 0.25) is 0 Å². The van der Waals surface area contributed by atoms with Crippen molar-refractivity contribution in [2.45, 2.75) is 20.8 Å². The van der Waals surface area contributed by atoms with Crippen molar-refractivity contribution in [2.75, 3.05) is 0 Å². The quantitative estimate of drug-likeness (QED) is 0.549. The average Bonchev–Trinajstić information content (AvgIpc) is 2.20. The van der Waals surface area contributed by atoms with Gasteiger partial charge < -0.3 is 5.41 Å². The van der Waals surface area contributed by atoms with Crippen LogP contribution in [0.5, 0.6) is 0 Å². The van der Waals surface area contributed by atoms with Gasteiger partial charge in [-0.15, -0.1) is 0 Å². The molecule has 1 rings (SSSR count). The van der Waals surface area contributed by atoms with E-state index in [1.54, 1.807) is 6.08 Å². The minimum absolute atomic E-state index is 1.11. The Balaban J connectivity index is 0.000000262. The lowest BCUT2D eigenvalue weighted by Crippen LogP contribution is -1.66. The van der Waals surface area contributed by atoms with Crippen molar-refractivity contribution in [3.05, 3.63) is 59.7 Å². The zero-order valence-corrected chi connectivity index (χ0v) is 9.70. The smallest absolute Gasteiger partial charge is 0.0180 e. The molecule has 0 amide bonds. The summed E-state index contributed by atoms with van der Waals surface area (Å²) in [7, 11) is 0. The Morgan fingerprint density at radius 2 is 1.80 bits per heavy atom. The molecule has 1 nitrogen and oxygen atoms in total. The fourth-order valence-corrected chi connectivity index (χ4v) is 0.984. The van der Waals surface area contributed by atoms with Gasteiger partial charge in [0.05, 0.1) is 0 Å². The number of nitrogens with one attached hydrogen (secondary N) is 1. The van der Waals surface area contributed by atoms with Gasteiger partial charge in [-0.1, -0.05) is 48.0 Å².